The molecule has 1 amide bonds. The van der Waals surface area contributed by atoms with Crippen molar-refractivity contribution in [3.63, 3.8) is 0 Å². The fraction of sp³-hybridized carbons (Fsp3) is 0.417. The highest BCUT2D eigenvalue weighted by atomic mass is 16.5. The lowest BCUT2D eigenvalue weighted by molar-refractivity contribution is -0.130. The van der Waals surface area contributed by atoms with E-state index >= 15 is 0 Å². The molecule has 2 aromatic rings. The van der Waals surface area contributed by atoms with Gasteiger partial charge in [-0.3, -0.25) is 4.79 Å². The van der Waals surface area contributed by atoms with Gasteiger partial charge in [0.2, 0.25) is 11.7 Å². The molecule has 0 bridgehead atoms. The molecule has 1 atom stereocenters. The van der Waals surface area contributed by atoms with Gasteiger partial charge < -0.3 is 18.9 Å². The summed E-state index contributed by atoms with van der Waals surface area (Å²) in [6, 6.07) is 9.58. The third kappa shape index (κ3) is 4.31. The van der Waals surface area contributed by atoms with Crippen LogP contribution in [-0.4, -0.2) is 45.1 Å². The van der Waals surface area contributed by atoms with Crippen molar-refractivity contribution in [3.05, 3.63) is 47.0 Å². The second-order valence-corrected chi connectivity index (χ2v) is 7.70. The SMILES string of the molecule is COc1ccc(C2CC(c3cc(OC)c(OC)c(OC)c3)=NN2C(C)=O)cc1C(C)C. The Morgan fingerprint density at radius 3 is 2.06 bits per heavy atom. The molecule has 3 rings (SSSR count). The van der Waals surface area contributed by atoms with Gasteiger partial charge in [-0.2, -0.15) is 5.10 Å². The van der Waals surface area contributed by atoms with Gasteiger partial charge in [0, 0.05) is 18.9 Å². The maximum absolute atomic E-state index is 12.4. The first kappa shape index (κ1) is 22.5. The monoisotopic (exact) mass is 426 g/mol. The Kier molecular flexibility index (Phi) is 6.73. The minimum absolute atomic E-state index is 0.116. The predicted molar refractivity (Wildman–Crippen MR) is 120 cm³/mol. The van der Waals surface area contributed by atoms with Crippen LogP contribution in [0.1, 0.15) is 55.8 Å². The van der Waals surface area contributed by atoms with Gasteiger partial charge in [-0.05, 0) is 41.3 Å². The summed E-state index contributed by atoms with van der Waals surface area (Å²) in [6.45, 7) is 5.77. The van der Waals surface area contributed by atoms with Gasteiger partial charge in [0.05, 0.1) is 40.2 Å². The van der Waals surface area contributed by atoms with E-state index in [1.54, 1.807) is 33.4 Å². The van der Waals surface area contributed by atoms with Crippen molar-refractivity contribution < 1.29 is 23.7 Å². The normalized spacial score (nSPS) is 15.7. The Morgan fingerprint density at radius 1 is 0.968 bits per heavy atom. The van der Waals surface area contributed by atoms with Gasteiger partial charge in [-0.15, -0.1) is 0 Å². The average molecular weight is 427 g/mol. The molecule has 0 N–H and O–H groups in total. The first-order valence-corrected chi connectivity index (χ1v) is 10.2. The smallest absolute Gasteiger partial charge is 0.240 e. The number of ether oxygens (including phenoxy) is 4. The van der Waals surface area contributed by atoms with E-state index in [4.69, 9.17) is 18.9 Å². The molecule has 0 aromatic heterocycles. The van der Waals surface area contributed by atoms with Crippen molar-refractivity contribution in [1.82, 2.24) is 5.01 Å². The number of hydrogen-bond donors (Lipinski definition) is 0. The standard InChI is InChI=1S/C24H30N2O5/c1-14(2)18-10-16(8-9-21(18)28-4)20-13-19(25-26(20)15(3)27)17-11-22(29-5)24(31-7)23(12-17)30-6/h8-12,14,20H,13H2,1-7H3. The Morgan fingerprint density at radius 2 is 1.58 bits per heavy atom. The van der Waals surface area contributed by atoms with Gasteiger partial charge in [-0.25, -0.2) is 5.01 Å². The molecule has 1 unspecified atom stereocenters. The molecule has 1 aliphatic rings. The van der Waals surface area contributed by atoms with Crippen LogP contribution < -0.4 is 18.9 Å². The quantitative estimate of drug-likeness (QED) is 0.650. The zero-order valence-electron chi connectivity index (χ0n) is 19.2. The summed E-state index contributed by atoms with van der Waals surface area (Å²) >= 11 is 0. The summed E-state index contributed by atoms with van der Waals surface area (Å²) in [5.41, 5.74) is 3.72. The second-order valence-electron chi connectivity index (χ2n) is 7.70. The molecule has 0 radical (unpaired) electrons. The molecular formula is C24H30N2O5. The van der Waals surface area contributed by atoms with Crippen LogP contribution in [0, 0.1) is 0 Å². The van der Waals surface area contributed by atoms with E-state index in [2.05, 4.69) is 25.0 Å². The number of carbonyl (C=O) groups is 1. The molecule has 7 nitrogen and oxygen atoms in total. The molecule has 2 aromatic carbocycles. The topological polar surface area (TPSA) is 69.6 Å². The zero-order chi connectivity index (χ0) is 22.7. The summed E-state index contributed by atoms with van der Waals surface area (Å²) < 4.78 is 21.9. The molecule has 0 aliphatic carbocycles. The molecule has 166 valence electrons. The number of methoxy groups -OCH3 is 4. The highest BCUT2D eigenvalue weighted by molar-refractivity contribution is 6.04. The minimum Gasteiger partial charge on any atom is -0.496 e. The Labute approximate surface area is 183 Å². The van der Waals surface area contributed by atoms with Crippen molar-refractivity contribution in [2.75, 3.05) is 28.4 Å². The van der Waals surface area contributed by atoms with Crippen LogP contribution in [-0.2, 0) is 4.79 Å². The summed E-state index contributed by atoms with van der Waals surface area (Å²) in [7, 11) is 6.39. The number of rotatable bonds is 7. The molecule has 0 saturated carbocycles. The second kappa shape index (κ2) is 9.29. The van der Waals surface area contributed by atoms with Crippen molar-refractivity contribution in [3.8, 4) is 23.0 Å². The van der Waals surface area contributed by atoms with Crippen LogP contribution in [0.25, 0.3) is 0 Å². The molecular weight excluding hydrogens is 396 g/mol. The van der Waals surface area contributed by atoms with Crippen LogP contribution in [0.15, 0.2) is 35.4 Å². The van der Waals surface area contributed by atoms with E-state index < -0.39 is 0 Å². The van der Waals surface area contributed by atoms with Crippen molar-refractivity contribution in [1.29, 1.82) is 0 Å². The summed E-state index contributed by atoms with van der Waals surface area (Å²) in [6.07, 6.45) is 0.572. The zero-order valence-corrected chi connectivity index (χ0v) is 19.2. The number of amides is 1. The van der Waals surface area contributed by atoms with E-state index in [1.165, 1.54) is 6.92 Å². The maximum Gasteiger partial charge on any atom is 0.240 e. The van der Waals surface area contributed by atoms with Gasteiger partial charge in [0.25, 0.3) is 0 Å². The van der Waals surface area contributed by atoms with E-state index in [0.29, 0.717) is 23.7 Å². The average Bonchev–Trinajstić information content (AvgIpc) is 3.23. The van der Waals surface area contributed by atoms with Crippen LogP contribution in [0.5, 0.6) is 23.0 Å². The molecule has 0 saturated heterocycles. The lowest BCUT2D eigenvalue weighted by Crippen LogP contribution is -2.24. The van der Waals surface area contributed by atoms with E-state index in [0.717, 1.165) is 28.2 Å². The lowest BCUT2D eigenvalue weighted by Gasteiger charge is -2.22. The summed E-state index contributed by atoms with van der Waals surface area (Å²) in [4.78, 5) is 12.4. The fourth-order valence-electron chi connectivity index (χ4n) is 3.89. The molecule has 7 heteroatoms. The van der Waals surface area contributed by atoms with E-state index in [1.807, 2.05) is 24.3 Å². The summed E-state index contributed by atoms with van der Waals surface area (Å²) in [5, 5.41) is 6.20. The summed E-state index contributed by atoms with van der Waals surface area (Å²) in [5.74, 6) is 2.63. The molecule has 1 aliphatic heterocycles. The Bertz CT molecular complexity index is 974. The lowest BCUT2D eigenvalue weighted by atomic mass is 9.93. The molecule has 0 spiro atoms. The largest absolute Gasteiger partial charge is 0.496 e. The van der Waals surface area contributed by atoms with Crippen LogP contribution in [0.2, 0.25) is 0 Å². The third-order valence-corrected chi connectivity index (χ3v) is 5.49. The maximum atomic E-state index is 12.4. The van der Waals surface area contributed by atoms with Gasteiger partial charge in [-0.1, -0.05) is 19.9 Å². The van der Waals surface area contributed by atoms with E-state index in [-0.39, 0.29) is 17.9 Å². The number of nitrogens with zero attached hydrogens (tertiary/aromatic N) is 2. The number of benzene rings is 2. The van der Waals surface area contributed by atoms with Crippen LogP contribution in [0.3, 0.4) is 0 Å². The van der Waals surface area contributed by atoms with Gasteiger partial charge in [0.1, 0.15) is 5.75 Å². The van der Waals surface area contributed by atoms with Gasteiger partial charge >= 0.3 is 0 Å². The molecule has 0 fully saturated rings. The number of hydrogen-bond acceptors (Lipinski definition) is 6. The van der Waals surface area contributed by atoms with Gasteiger partial charge in [0.15, 0.2) is 11.5 Å². The Hall–Kier alpha value is -3.22. The Balaban J connectivity index is 2.03. The van der Waals surface area contributed by atoms with E-state index in [9.17, 15) is 4.79 Å². The first-order chi connectivity index (χ1) is 14.8. The fourth-order valence-corrected chi connectivity index (χ4v) is 3.89. The van der Waals surface area contributed by atoms with Crippen molar-refractivity contribution in [2.45, 2.75) is 39.2 Å². The molecule has 31 heavy (non-hydrogen) atoms. The van der Waals surface area contributed by atoms with Crippen molar-refractivity contribution >= 4 is 11.6 Å². The highest BCUT2D eigenvalue weighted by Gasteiger charge is 2.33. The van der Waals surface area contributed by atoms with Crippen LogP contribution >= 0.6 is 0 Å². The van der Waals surface area contributed by atoms with Crippen molar-refractivity contribution in [2.24, 2.45) is 5.10 Å². The highest BCUT2D eigenvalue weighted by Crippen LogP contribution is 2.41. The third-order valence-electron chi connectivity index (χ3n) is 5.49. The first-order valence-electron chi connectivity index (χ1n) is 10.2. The minimum atomic E-state index is -0.199. The molecule has 1 heterocycles. The predicted octanol–water partition coefficient (Wildman–Crippen LogP) is 4.54. The van der Waals surface area contributed by atoms with Crippen LogP contribution in [0.4, 0.5) is 0 Å². The number of carbonyl (C=O) groups excluding carboxylic acids is 1. The number of hydrazone groups is 1.